The second kappa shape index (κ2) is 5.33. The summed E-state index contributed by atoms with van der Waals surface area (Å²) in [5, 5.41) is 13.2. The molecule has 1 aromatic carbocycles. The maximum absolute atomic E-state index is 11.7. The molecular formula is C10H10Cl2N2O3. The van der Waals surface area contributed by atoms with Crippen LogP contribution in [-0.2, 0) is 0 Å². The van der Waals surface area contributed by atoms with Crippen LogP contribution in [0.5, 0.6) is 0 Å². The Bertz CT molecular complexity index is 475. The van der Waals surface area contributed by atoms with Gasteiger partial charge >= 0.3 is 0 Å². The molecule has 0 aliphatic carbocycles. The third-order valence-electron chi connectivity index (χ3n) is 1.89. The monoisotopic (exact) mass is 276 g/mol. The standard InChI is InChI=1S/C10H10Cl2N2O3/c1-5(2)13-10(15)7-3-6(14(16)17)4-8(11)9(7)12/h3-5H,1-2H3,(H,13,15). The molecule has 1 amide bonds. The highest BCUT2D eigenvalue weighted by Crippen LogP contribution is 2.30. The minimum Gasteiger partial charge on any atom is -0.350 e. The van der Waals surface area contributed by atoms with Crippen molar-refractivity contribution in [2.45, 2.75) is 19.9 Å². The number of nitro groups is 1. The summed E-state index contributed by atoms with van der Waals surface area (Å²) >= 11 is 11.6. The molecule has 1 N–H and O–H groups in total. The molecule has 1 rings (SSSR count). The van der Waals surface area contributed by atoms with Gasteiger partial charge in [0.2, 0.25) is 0 Å². The highest BCUT2D eigenvalue weighted by atomic mass is 35.5. The van der Waals surface area contributed by atoms with E-state index in [1.807, 2.05) is 0 Å². The molecule has 0 aliphatic heterocycles. The van der Waals surface area contributed by atoms with E-state index in [1.54, 1.807) is 13.8 Å². The molecule has 0 saturated carbocycles. The van der Waals surface area contributed by atoms with E-state index >= 15 is 0 Å². The SMILES string of the molecule is CC(C)NC(=O)c1cc([N+](=O)[O-])cc(Cl)c1Cl. The van der Waals surface area contributed by atoms with Crippen LogP contribution in [0.15, 0.2) is 12.1 Å². The lowest BCUT2D eigenvalue weighted by atomic mass is 10.1. The topological polar surface area (TPSA) is 72.2 Å². The summed E-state index contributed by atoms with van der Waals surface area (Å²) in [5.41, 5.74) is -0.270. The van der Waals surface area contributed by atoms with Crippen LogP contribution in [0, 0.1) is 10.1 Å². The number of rotatable bonds is 3. The van der Waals surface area contributed by atoms with Gasteiger partial charge in [0, 0.05) is 18.2 Å². The Labute approximate surface area is 108 Å². The van der Waals surface area contributed by atoms with Crippen molar-refractivity contribution in [2.75, 3.05) is 0 Å². The average Bonchev–Trinajstić information content (AvgIpc) is 2.20. The molecule has 17 heavy (non-hydrogen) atoms. The van der Waals surface area contributed by atoms with Crippen LogP contribution in [-0.4, -0.2) is 16.9 Å². The first-order valence-electron chi connectivity index (χ1n) is 4.77. The van der Waals surface area contributed by atoms with E-state index in [0.29, 0.717) is 0 Å². The molecule has 0 unspecified atom stereocenters. The molecule has 0 fully saturated rings. The van der Waals surface area contributed by atoms with Crippen molar-refractivity contribution in [1.29, 1.82) is 0 Å². The van der Waals surface area contributed by atoms with E-state index < -0.39 is 10.8 Å². The molecule has 0 heterocycles. The van der Waals surface area contributed by atoms with Gasteiger partial charge in [-0.3, -0.25) is 14.9 Å². The van der Waals surface area contributed by atoms with E-state index in [1.165, 1.54) is 0 Å². The van der Waals surface area contributed by atoms with Gasteiger partial charge in [0.1, 0.15) is 0 Å². The molecule has 0 bridgehead atoms. The van der Waals surface area contributed by atoms with Crippen molar-refractivity contribution in [1.82, 2.24) is 5.32 Å². The number of hydrogen-bond acceptors (Lipinski definition) is 3. The van der Waals surface area contributed by atoms with Gasteiger partial charge in [-0.15, -0.1) is 0 Å². The van der Waals surface area contributed by atoms with Crippen LogP contribution in [0.25, 0.3) is 0 Å². The second-order valence-electron chi connectivity index (χ2n) is 3.67. The highest BCUT2D eigenvalue weighted by Gasteiger charge is 2.19. The molecule has 92 valence electrons. The van der Waals surface area contributed by atoms with E-state index in [4.69, 9.17) is 23.2 Å². The van der Waals surface area contributed by atoms with Gasteiger partial charge in [0.05, 0.1) is 20.5 Å². The summed E-state index contributed by atoms with van der Waals surface area (Å²) in [4.78, 5) is 21.7. The predicted octanol–water partition coefficient (Wildman–Crippen LogP) is 3.04. The lowest BCUT2D eigenvalue weighted by Gasteiger charge is -2.10. The Morgan fingerprint density at radius 1 is 1.41 bits per heavy atom. The number of nitrogens with one attached hydrogen (secondary N) is 1. The summed E-state index contributed by atoms with van der Waals surface area (Å²) in [5.74, 6) is -0.490. The van der Waals surface area contributed by atoms with Crippen molar-refractivity contribution >= 4 is 34.8 Å². The summed E-state index contributed by atoms with van der Waals surface area (Å²) in [6.07, 6.45) is 0. The maximum atomic E-state index is 11.7. The quantitative estimate of drug-likeness (QED) is 0.681. The van der Waals surface area contributed by atoms with Crippen molar-refractivity contribution < 1.29 is 9.72 Å². The zero-order chi connectivity index (χ0) is 13.2. The van der Waals surface area contributed by atoms with E-state index in [9.17, 15) is 14.9 Å². The van der Waals surface area contributed by atoms with E-state index in [2.05, 4.69) is 5.32 Å². The fraction of sp³-hybridized carbons (Fsp3) is 0.300. The zero-order valence-corrected chi connectivity index (χ0v) is 10.7. The summed E-state index contributed by atoms with van der Waals surface area (Å²) in [6, 6.07) is 2.11. The number of hydrogen-bond donors (Lipinski definition) is 1. The van der Waals surface area contributed by atoms with E-state index in [-0.39, 0.29) is 27.3 Å². The molecule has 0 aliphatic rings. The van der Waals surface area contributed by atoms with Gasteiger partial charge in [0.15, 0.2) is 0 Å². The lowest BCUT2D eigenvalue weighted by molar-refractivity contribution is -0.384. The molecule has 0 spiro atoms. The lowest BCUT2D eigenvalue weighted by Crippen LogP contribution is -2.30. The van der Waals surface area contributed by atoms with Crippen molar-refractivity contribution in [3.8, 4) is 0 Å². The molecule has 0 saturated heterocycles. The Balaban J connectivity index is 3.22. The van der Waals surface area contributed by atoms with Crippen LogP contribution in [0.4, 0.5) is 5.69 Å². The fourth-order valence-corrected chi connectivity index (χ4v) is 1.59. The maximum Gasteiger partial charge on any atom is 0.271 e. The van der Waals surface area contributed by atoms with Gasteiger partial charge in [-0.25, -0.2) is 0 Å². The molecule has 0 radical (unpaired) electrons. The van der Waals surface area contributed by atoms with Crippen molar-refractivity contribution in [3.05, 3.63) is 37.9 Å². The van der Waals surface area contributed by atoms with Crippen LogP contribution >= 0.6 is 23.2 Å². The summed E-state index contributed by atoms with van der Waals surface area (Å²) in [7, 11) is 0. The number of amides is 1. The molecule has 5 nitrogen and oxygen atoms in total. The largest absolute Gasteiger partial charge is 0.350 e. The first kappa shape index (κ1) is 13.7. The smallest absolute Gasteiger partial charge is 0.271 e. The van der Waals surface area contributed by atoms with Gasteiger partial charge in [0.25, 0.3) is 11.6 Å². The van der Waals surface area contributed by atoms with Gasteiger partial charge in [-0.05, 0) is 13.8 Å². The first-order valence-corrected chi connectivity index (χ1v) is 5.52. The minimum atomic E-state index is -0.631. The minimum absolute atomic E-state index is 0.000401. The van der Waals surface area contributed by atoms with Crippen molar-refractivity contribution in [3.63, 3.8) is 0 Å². The Kier molecular flexibility index (Phi) is 4.31. The third kappa shape index (κ3) is 3.31. The second-order valence-corrected chi connectivity index (χ2v) is 4.46. The molecular weight excluding hydrogens is 267 g/mol. The third-order valence-corrected chi connectivity index (χ3v) is 2.69. The highest BCUT2D eigenvalue weighted by molar-refractivity contribution is 6.44. The first-order chi connectivity index (χ1) is 7.82. The Morgan fingerprint density at radius 2 is 2.00 bits per heavy atom. The molecule has 0 atom stereocenters. The normalized spacial score (nSPS) is 10.4. The summed E-state index contributed by atoms with van der Waals surface area (Å²) in [6.45, 7) is 3.54. The predicted molar refractivity (Wildman–Crippen MR) is 65.7 cm³/mol. The number of non-ortho nitro benzene ring substituents is 1. The number of nitrogens with zero attached hydrogens (tertiary/aromatic N) is 1. The molecule has 0 aromatic heterocycles. The van der Waals surface area contributed by atoms with Crippen LogP contribution in [0.1, 0.15) is 24.2 Å². The van der Waals surface area contributed by atoms with E-state index in [0.717, 1.165) is 12.1 Å². The number of benzene rings is 1. The fourth-order valence-electron chi connectivity index (χ4n) is 1.19. The number of halogens is 2. The zero-order valence-electron chi connectivity index (χ0n) is 9.16. The van der Waals surface area contributed by atoms with Gasteiger partial charge in [-0.1, -0.05) is 23.2 Å². The molecule has 7 heteroatoms. The summed E-state index contributed by atoms with van der Waals surface area (Å²) < 4.78 is 0. The van der Waals surface area contributed by atoms with Crippen LogP contribution < -0.4 is 5.32 Å². The number of nitro benzene ring substituents is 1. The van der Waals surface area contributed by atoms with Crippen LogP contribution in [0.3, 0.4) is 0 Å². The number of carbonyl (C=O) groups excluding carboxylic acids is 1. The Morgan fingerprint density at radius 3 is 2.47 bits per heavy atom. The van der Waals surface area contributed by atoms with Gasteiger partial charge in [-0.2, -0.15) is 0 Å². The Hall–Kier alpha value is -1.33. The van der Waals surface area contributed by atoms with Gasteiger partial charge < -0.3 is 5.32 Å². The average molecular weight is 277 g/mol. The van der Waals surface area contributed by atoms with Crippen molar-refractivity contribution in [2.24, 2.45) is 0 Å². The molecule has 1 aromatic rings. The number of carbonyl (C=O) groups is 1. The van der Waals surface area contributed by atoms with Crippen LogP contribution in [0.2, 0.25) is 10.0 Å².